The number of anilines is 1. The Labute approximate surface area is 229 Å². The van der Waals surface area contributed by atoms with Gasteiger partial charge in [-0.1, -0.05) is 0 Å². The summed E-state index contributed by atoms with van der Waals surface area (Å²) < 4.78 is 38.5. The van der Waals surface area contributed by atoms with Crippen LogP contribution in [-0.4, -0.2) is 111 Å². The van der Waals surface area contributed by atoms with Crippen molar-refractivity contribution in [3.8, 4) is 0 Å². The van der Waals surface area contributed by atoms with Gasteiger partial charge in [0.2, 0.25) is 0 Å². The van der Waals surface area contributed by atoms with E-state index in [9.17, 15) is 8.42 Å². The van der Waals surface area contributed by atoms with Gasteiger partial charge in [-0.25, -0.2) is 0 Å². The van der Waals surface area contributed by atoms with Crippen LogP contribution >= 0.6 is 0 Å². The second kappa shape index (κ2) is 9.89. The average Bonchev–Trinajstić information content (AvgIpc) is 2.59. The molecule has 2 atom stereocenters. The molecule has 136 valence electrons. The van der Waals surface area contributed by atoms with Crippen LogP contribution in [0.1, 0.15) is 32.3 Å². The fourth-order valence-corrected chi connectivity index (χ4v) is 5.64. The van der Waals surface area contributed by atoms with E-state index in [2.05, 4.69) is 6.92 Å². The number of hydrogen-bond donors (Lipinski definition) is 3. The molecule has 5 N–H and O–H groups in total. The zero-order valence-electron chi connectivity index (χ0n) is 16.2. The van der Waals surface area contributed by atoms with Gasteiger partial charge in [-0.15, -0.1) is 0 Å². The predicted octanol–water partition coefficient (Wildman–Crippen LogP) is 1.55. The van der Waals surface area contributed by atoms with E-state index in [-0.39, 0.29) is 60.6 Å². The number of rotatable bonds is 6. The van der Waals surface area contributed by atoms with E-state index in [0.717, 1.165) is 17.3 Å². The van der Waals surface area contributed by atoms with Crippen LogP contribution in [0.25, 0.3) is 6.08 Å². The third-order valence-electron chi connectivity index (χ3n) is 5.33. The Hall–Kier alpha value is 1.02. The molecular weight excluding hydrogens is 418 g/mol. The Morgan fingerprint density at radius 2 is 1.96 bits per heavy atom. The molecule has 0 aromatic heterocycles. The number of nitrogen functional groups attached to an aromatic ring is 1. The Morgan fingerprint density at radius 1 is 1.30 bits per heavy atom. The normalized spacial score (nSPS) is 23.7. The van der Waals surface area contributed by atoms with Crippen molar-refractivity contribution in [3.63, 3.8) is 0 Å². The van der Waals surface area contributed by atoms with Crippen molar-refractivity contribution in [1.29, 1.82) is 0 Å². The van der Waals surface area contributed by atoms with Crippen LogP contribution in [-0.2, 0) is 14.6 Å². The molecule has 6 nitrogen and oxygen atoms in total. The molecule has 2 unspecified atom stereocenters. The number of hydrogen-bond acceptors (Lipinski definition) is 5. The molecule has 27 heavy (non-hydrogen) atoms. The molecule has 0 aliphatic heterocycles. The quantitative estimate of drug-likeness (QED) is 0.351. The molecule has 9 heteroatoms. The van der Waals surface area contributed by atoms with E-state index < -0.39 is 15.8 Å². The van der Waals surface area contributed by atoms with E-state index in [0.29, 0.717) is 61.1 Å². The summed E-state index contributed by atoms with van der Waals surface area (Å²) in [6, 6.07) is 6.02. The minimum absolute atomic E-state index is 0.0379. The number of allylic oxidation sites excluding steroid dienone is 4. The summed E-state index contributed by atoms with van der Waals surface area (Å²) in [6.45, 7) is 4.09. The van der Waals surface area contributed by atoms with Gasteiger partial charge in [0.25, 0.3) is 0 Å². The summed E-state index contributed by atoms with van der Waals surface area (Å²) >= 11 is 0.620. The standard InChI is InChI=1S/C18H22N2O4S.2K/c1-3-16-17(20)11-15(24-25(21,22)23)12-18(16,4-2)9-8-13-6-5-7-14(19)10-13;;/h5-6,8-10,12,16H,3-4,19-20H2,1-2H3,(H,21,22,23);;. The van der Waals surface area contributed by atoms with Gasteiger partial charge in [0.1, 0.15) is 0 Å². The van der Waals surface area contributed by atoms with Gasteiger partial charge < -0.3 is 0 Å². The Balaban J connectivity index is 2.54. The first kappa shape index (κ1) is 24.3. The van der Waals surface area contributed by atoms with E-state index in [4.69, 9.17) is 20.2 Å². The van der Waals surface area contributed by atoms with Crippen molar-refractivity contribution in [2.45, 2.75) is 26.7 Å². The maximum absolute atomic E-state index is 11.3. The molecule has 1 aliphatic carbocycles. The zero-order valence-corrected chi connectivity index (χ0v) is 23.3. The number of nitrogens with two attached hydrogens (primary N) is 2. The third kappa shape index (κ3) is 6.02. The molecule has 1 aromatic rings. The van der Waals surface area contributed by atoms with Crippen LogP contribution in [0, 0.1) is 11.3 Å². The average molecular weight is 441 g/mol. The monoisotopic (exact) mass is 440 g/mol. The van der Waals surface area contributed by atoms with Crippen LogP contribution in [0.15, 0.2) is 41.5 Å². The van der Waals surface area contributed by atoms with Crippen LogP contribution in [0.2, 0.25) is 0 Å². The summed E-state index contributed by atoms with van der Waals surface area (Å²) in [5, 5.41) is 0. The topological polar surface area (TPSA) is 116 Å². The molecule has 0 heterocycles. The first-order valence-electron chi connectivity index (χ1n) is 8.94. The van der Waals surface area contributed by atoms with Crippen molar-refractivity contribution >= 4 is 120 Å². The van der Waals surface area contributed by atoms with Gasteiger partial charge in [0.15, 0.2) is 0 Å². The molecule has 0 saturated carbocycles. The molecule has 2 rings (SSSR count). The molecule has 0 spiro atoms. The van der Waals surface area contributed by atoms with Crippen LogP contribution in [0.3, 0.4) is 0 Å². The second-order valence-corrected chi connectivity index (χ2v) is 11.2. The van der Waals surface area contributed by atoms with Gasteiger partial charge in [-0.3, -0.25) is 0 Å². The van der Waals surface area contributed by atoms with Crippen molar-refractivity contribution in [1.82, 2.24) is 0 Å². The second-order valence-electron chi connectivity index (χ2n) is 6.98. The third-order valence-corrected chi connectivity index (χ3v) is 8.82. The Kier molecular flexibility index (Phi) is 8.90. The summed E-state index contributed by atoms with van der Waals surface area (Å²) in [4.78, 5) is 0. The Morgan fingerprint density at radius 3 is 2.48 bits per heavy atom. The van der Waals surface area contributed by atoms with E-state index in [1.807, 2.05) is 37.3 Å². The predicted molar refractivity (Wildman–Crippen MR) is 109 cm³/mol. The first-order chi connectivity index (χ1) is 12.5. The summed E-state index contributed by atoms with van der Waals surface area (Å²) in [6.07, 6.45) is 7.36. The van der Waals surface area contributed by atoms with Crippen molar-refractivity contribution in [3.05, 3.63) is 47.0 Å². The number of benzene rings is 1. The maximum atomic E-state index is 11.3. The Bertz CT molecular complexity index is 925. The molecule has 0 bridgehead atoms. The van der Waals surface area contributed by atoms with Crippen molar-refractivity contribution in [2.24, 2.45) is 17.1 Å². The van der Waals surface area contributed by atoms with Gasteiger partial charge in [-0.2, -0.15) is 0 Å². The van der Waals surface area contributed by atoms with Gasteiger partial charge >= 0.3 is 233 Å². The summed E-state index contributed by atoms with van der Waals surface area (Å²) in [5.74, 6) is 0.193. The molecular formula is C18H22K2N2O4S. The van der Waals surface area contributed by atoms with Crippen LogP contribution in [0.5, 0.6) is 0 Å². The van der Waals surface area contributed by atoms with Gasteiger partial charge in [-0.05, 0) is 0 Å². The van der Waals surface area contributed by atoms with Gasteiger partial charge in [0, 0.05) is 0 Å². The summed E-state index contributed by atoms with van der Waals surface area (Å²) in [7, 11) is -4.60. The fraction of sp³-hybridized carbons (Fsp3) is 0.333. The molecule has 0 saturated heterocycles. The van der Waals surface area contributed by atoms with Crippen LogP contribution < -0.4 is 11.1 Å². The van der Waals surface area contributed by atoms with Crippen molar-refractivity contribution < 1.29 is 17.2 Å². The minimum atomic E-state index is -4.60. The SMILES string of the molecule is CCC1C(N)=[C]([K])C(OS(=O)(=O)O)=CC1(C=Cc1cc[c]([K])c(N)c1)CC. The summed E-state index contributed by atoms with van der Waals surface area (Å²) in [5.41, 5.74) is 14.4. The fourth-order valence-electron chi connectivity index (χ4n) is 3.59. The van der Waals surface area contributed by atoms with E-state index in [1.54, 1.807) is 6.08 Å². The zero-order chi connectivity index (χ0) is 20.4. The van der Waals surface area contributed by atoms with E-state index in [1.165, 1.54) is -0.342 Å². The molecule has 0 amide bonds. The van der Waals surface area contributed by atoms with Crippen molar-refractivity contribution in [2.75, 3.05) is 5.73 Å². The molecule has 0 fully saturated rings. The van der Waals surface area contributed by atoms with E-state index >= 15 is 0 Å². The first-order valence-corrected chi connectivity index (χ1v) is 13.4. The molecule has 1 aliphatic rings. The van der Waals surface area contributed by atoms with Gasteiger partial charge in [0.05, 0.1) is 0 Å². The van der Waals surface area contributed by atoms with Crippen LogP contribution in [0.4, 0.5) is 5.69 Å². The molecule has 1 aromatic carbocycles. The molecule has 0 radical (unpaired) electrons.